The molecule has 1 aliphatic heterocycles. The number of piperidine rings is 1. The van der Waals surface area contributed by atoms with Crippen LogP contribution in [-0.2, 0) is 11.2 Å². The summed E-state index contributed by atoms with van der Waals surface area (Å²) in [5.74, 6) is -0.591. The van der Waals surface area contributed by atoms with E-state index in [9.17, 15) is 14.0 Å². The molecule has 2 amide bonds. The second-order valence-electron chi connectivity index (χ2n) is 8.27. The minimum absolute atomic E-state index is 0.00402. The highest BCUT2D eigenvalue weighted by atomic mass is 19.1. The summed E-state index contributed by atoms with van der Waals surface area (Å²) in [6, 6.07) is 20.1. The Morgan fingerprint density at radius 2 is 1.58 bits per heavy atom. The van der Waals surface area contributed by atoms with Gasteiger partial charge in [-0.15, -0.1) is 0 Å². The molecule has 0 saturated carbocycles. The van der Waals surface area contributed by atoms with Crippen LogP contribution in [0.2, 0.25) is 0 Å². The van der Waals surface area contributed by atoms with Gasteiger partial charge in [0.25, 0.3) is 5.91 Å². The number of amides is 2. The number of carbonyl (C=O) groups is 2. The normalized spacial score (nSPS) is 15.3. The van der Waals surface area contributed by atoms with Crippen molar-refractivity contribution in [2.75, 3.05) is 18.4 Å². The summed E-state index contributed by atoms with van der Waals surface area (Å²) >= 11 is 0. The molecule has 0 atom stereocenters. The van der Waals surface area contributed by atoms with E-state index < -0.39 is 0 Å². The van der Waals surface area contributed by atoms with Crippen molar-refractivity contribution in [1.29, 1.82) is 0 Å². The first-order valence-corrected chi connectivity index (χ1v) is 10.7. The van der Waals surface area contributed by atoms with E-state index in [4.69, 9.17) is 0 Å². The summed E-state index contributed by atoms with van der Waals surface area (Å²) < 4.78 is 13.1. The van der Waals surface area contributed by atoms with Crippen LogP contribution in [0.1, 0.15) is 34.3 Å². The van der Waals surface area contributed by atoms with Crippen LogP contribution in [-0.4, -0.2) is 29.8 Å². The first kappa shape index (κ1) is 19.5. The van der Waals surface area contributed by atoms with Crippen LogP contribution < -0.4 is 5.32 Å². The second-order valence-corrected chi connectivity index (χ2v) is 8.27. The van der Waals surface area contributed by atoms with E-state index in [1.807, 2.05) is 6.07 Å². The number of carbonyl (C=O) groups excluding carboxylic acids is 2. The van der Waals surface area contributed by atoms with Gasteiger partial charge in [0.15, 0.2) is 0 Å². The maximum absolute atomic E-state index is 13.1. The summed E-state index contributed by atoms with van der Waals surface area (Å²) in [7, 11) is 0. The van der Waals surface area contributed by atoms with E-state index in [0.717, 1.165) is 12.1 Å². The van der Waals surface area contributed by atoms with Crippen LogP contribution in [0.25, 0.3) is 11.1 Å². The lowest BCUT2D eigenvalue weighted by molar-refractivity contribution is -0.121. The predicted molar refractivity (Wildman–Crippen MR) is 118 cm³/mol. The van der Waals surface area contributed by atoms with Crippen LogP contribution in [0.3, 0.4) is 0 Å². The molecule has 0 aromatic heterocycles. The van der Waals surface area contributed by atoms with E-state index in [1.54, 1.807) is 4.90 Å². The molecule has 5 heteroatoms. The first-order chi connectivity index (χ1) is 15.1. The molecule has 0 radical (unpaired) electrons. The van der Waals surface area contributed by atoms with Crippen molar-refractivity contribution in [3.8, 4) is 11.1 Å². The topological polar surface area (TPSA) is 49.4 Å². The third-order valence-corrected chi connectivity index (χ3v) is 6.31. The zero-order chi connectivity index (χ0) is 21.4. The zero-order valence-corrected chi connectivity index (χ0v) is 17.1. The number of hydrogen-bond acceptors (Lipinski definition) is 2. The Hall–Kier alpha value is -3.47. The molecule has 4 nitrogen and oxygen atoms in total. The van der Waals surface area contributed by atoms with Crippen molar-refractivity contribution < 1.29 is 14.0 Å². The summed E-state index contributed by atoms with van der Waals surface area (Å²) in [6.07, 6.45) is 2.13. The van der Waals surface area contributed by atoms with Gasteiger partial charge in [0.2, 0.25) is 5.91 Å². The fraction of sp³-hybridized carbons (Fsp3) is 0.231. The Morgan fingerprint density at radius 3 is 2.35 bits per heavy atom. The monoisotopic (exact) mass is 414 g/mol. The Labute approximate surface area is 180 Å². The van der Waals surface area contributed by atoms with Gasteiger partial charge < -0.3 is 10.2 Å². The average molecular weight is 414 g/mol. The molecule has 1 fully saturated rings. The van der Waals surface area contributed by atoms with Gasteiger partial charge in [0.05, 0.1) is 0 Å². The largest absolute Gasteiger partial charge is 0.339 e. The SMILES string of the molecule is O=C(Nc1ccc2c(c1)Cc1ccccc1-2)C1CCN(C(=O)c2ccc(F)cc2)CC1. The van der Waals surface area contributed by atoms with Crippen molar-refractivity contribution >= 4 is 17.5 Å². The van der Waals surface area contributed by atoms with Crippen molar-refractivity contribution in [3.63, 3.8) is 0 Å². The number of hydrogen-bond donors (Lipinski definition) is 1. The number of nitrogens with zero attached hydrogens (tertiary/aromatic N) is 1. The molecule has 3 aromatic carbocycles. The highest BCUT2D eigenvalue weighted by molar-refractivity contribution is 5.95. The highest BCUT2D eigenvalue weighted by Crippen LogP contribution is 2.37. The Bertz CT molecular complexity index is 1150. The molecule has 0 bridgehead atoms. The lowest BCUT2D eigenvalue weighted by Gasteiger charge is -2.31. The quantitative estimate of drug-likeness (QED) is 0.519. The highest BCUT2D eigenvalue weighted by Gasteiger charge is 2.28. The molecule has 0 spiro atoms. The number of likely N-dealkylation sites (tertiary alicyclic amines) is 1. The summed E-state index contributed by atoms with van der Waals surface area (Å²) in [5.41, 5.74) is 6.36. The molecule has 1 N–H and O–H groups in total. The minimum atomic E-state index is -0.359. The number of fused-ring (bicyclic) bond motifs is 3. The molecule has 5 rings (SSSR count). The summed E-state index contributed by atoms with van der Waals surface area (Å²) in [5, 5.41) is 3.07. The molecular weight excluding hydrogens is 391 g/mol. The number of nitrogens with one attached hydrogen (secondary N) is 1. The summed E-state index contributed by atoms with van der Waals surface area (Å²) in [6.45, 7) is 1.04. The fourth-order valence-corrected chi connectivity index (χ4v) is 4.59. The standard InChI is InChI=1S/C26H23FN2O2/c27-21-7-5-18(6-8-21)26(31)29-13-11-17(12-14-29)25(30)28-22-9-10-24-20(16-22)15-19-3-1-2-4-23(19)24/h1-10,16-17H,11-15H2,(H,28,30). The smallest absolute Gasteiger partial charge is 0.253 e. The molecule has 3 aromatic rings. The molecule has 1 heterocycles. The van der Waals surface area contributed by atoms with Crippen LogP contribution in [0.4, 0.5) is 10.1 Å². The molecule has 2 aliphatic rings. The number of anilines is 1. The van der Waals surface area contributed by atoms with E-state index in [0.29, 0.717) is 31.5 Å². The lowest BCUT2D eigenvalue weighted by atomic mass is 9.95. The van der Waals surface area contributed by atoms with Crippen molar-refractivity contribution in [3.05, 3.63) is 89.2 Å². The van der Waals surface area contributed by atoms with Crippen LogP contribution in [0.15, 0.2) is 66.7 Å². The van der Waals surface area contributed by atoms with Crippen molar-refractivity contribution in [2.45, 2.75) is 19.3 Å². The second kappa shape index (κ2) is 7.99. The van der Waals surface area contributed by atoms with Crippen LogP contribution in [0, 0.1) is 11.7 Å². The van der Waals surface area contributed by atoms with Crippen molar-refractivity contribution in [1.82, 2.24) is 4.90 Å². The molecule has 0 unspecified atom stereocenters. The van der Waals surface area contributed by atoms with Gasteiger partial charge in [-0.1, -0.05) is 30.3 Å². The zero-order valence-electron chi connectivity index (χ0n) is 17.1. The van der Waals surface area contributed by atoms with Gasteiger partial charge in [0.1, 0.15) is 5.82 Å². The number of benzene rings is 3. The van der Waals surface area contributed by atoms with E-state index >= 15 is 0 Å². The van der Waals surface area contributed by atoms with Crippen LogP contribution in [0.5, 0.6) is 0 Å². The third kappa shape index (κ3) is 3.83. The maximum Gasteiger partial charge on any atom is 0.253 e. The predicted octanol–water partition coefficient (Wildman–Crippen LogP) is 4.89. The van der Waals surface area contributed by atoms with Gasteiger partial charge in [-0.25, -0.2) is 4.39 Å². The van der Waals surface area contributed by atoms with Crippen molar-refractivity contribution in [2.24, 2.45) is 5.92 Å². The summed E-state index contributed by atoms with van der Waals surface area (Å²) in [4.78, 5) is 27.1. The number of rotatable bonds is 3. The average Bonchev–Trinajstić information content (AvgIpc) is 3.17. The van der Waals surface area contributed by atoms with E-state index in [2.05, 4.69) is 41.7 Å². The molecule has 156 valence electrons. The molecule has 31 heavy (non-hydrogen) atoms. The molecule has 1 saturated heterocycles. The fourth-order valence-electron chi connectivity index (χ4n) is 4.59. The Balaban J connectivity index is 1.19. The van der Waals surface area contributed by atoms with Gasteiger partial charge >= 0.3 is 0 Å². The molecular formula is C26H23FN2O2. The first-order valence-electron chi connectivity index (χ1n) is 10.7. The van der Waals surface area contributed by atoms with Gasteiger partial charge in [0, 0.05) is 30.3 Å². The van der Waals surface area contributed by atoms with E-state index in [1.165, 1.54) is 46.5 Å². The third-order valence-electron chi connectivity index (χ3n) is 6.31. The minimum Gasteiger partial charge on any atom is -0.339 e. The molecule has 1 aliphatic carbocycles. The Morgan fingerprint density at radius 1 is 0.871 bits per heavy atom. The van der Waals surface area contributed by atoms with Gasteiger partial charge in [-0.2, -0.15) is 0 Å². The van der Waals surface area contributed by atoms with Crippen LogP contribution >= 0.6 is 0 Å². The number of halogens is 1. The van der Waals surface area contributed by atoms with E-state index in [-0.39, 0.29) is 23.5 Å². The Kier molecular flexibility index (Phi) is 5.02. The maximum atomic E-state index is 13.1. The van der Waals surface area contributed by atoms with Gasteiger partial charge in [-0.05, 0) is 77.9 Å². The lowest BCUT2D eigenvalue weighted by Crippen LogP contribution is -2.41. The van der Waals surface area contributed by atoms with Gasteiger partial charge in [-0.3, -0.25) is 9.59 Å².